The summed E-state index contributed by atoms with van der Waals surface area (Å²) in [7, 11) is 1.41. The van der Waals surface area contributed by atoms with Crippen LogP contribution in [0.3, 0.4) is 0 Å². The average Bonchev–Trinajstić information content (AvgIpc) is 2.42. The number of alkyl halides is 1. The number of rotatable bonds is 4. The molecule has 2 rings (SSSR count). The van der Waals surface area contributed by atoms with Gasteiger partial charge in [0.15, 0.2) is 11.6 Å². The summed E-state index contributed by atoms with van der Waals surface area (Å²) in [6.07, 6.45) is 0. The SMILES string of the molecule is COc1cc([C@H](CF)N2CCNCC2)ccc1F. The van der Waals surface area contributed by atoms with Gasteiger partial charge in [0.25, 0.3) is 0 Å². The minimum atomic E-state index is -0.477. The van der Waals surface area contributed by atoms with Crippen LogP contribution in [0.4, 0.5) is 8.78 Å². The van der Waals surface area contributed by atoms with Crippen molar-refractivity contribution in [3.63, 3.8) is 0 Å². The predicted molar refractivity (Wildman–Crippen MR) is 66.1 cm³/mol. The van der Waals surface area contributed by atoms with E-state index in [0.717, 1.165) is 31.7 Å². The molecule has 0 aliphatic carbocycles. The molecule has 0 spiro atoms. The van der Waals surface area contributed by atoms with E-state index < -0.39 is 12.5 Å². The molecule has 18 heavy (non-hydrogen) atoms. The van der Waals surface area contributed by atoms with Crippen molar-refractivity contribution in [1.82, 2.24) is 10.2 Å². The van der Waals surface area contributed by atoms with Crippen LogP contribution in [0.25, 0.3) is 0 Å². The van der Waals surface area contributed by atoms with Crippen LogP contribution in [0, 0.1) is 5.82 Å². The van der Waals surface area contributed by atoms with E-state index in [1.165, 1.54) is 13.2 Å². The molecule has 3 nitrogen and oxygen atoms in total. The Hall–Kier alpha value is -1.20. The van der Waals surface area contributed by atoms with Crippen molar-refractivity contribution < 1.29 is 13.5 Å². The molecule has 0 aromatic heterocycles. The number of nitrogens with zero attached hydrogens (tertiary/aromatic N) is 1. The zero-order chi connectivity index (χ0) is 13.0. The van der Waals surface area contributed by atoms with Crippen molar-refractivity contribution in [2.24, 2.45) is 0 Å². The van der Waals surface area contributed by atoms with E-state index in [1.54, 1.807) is 12.1 Å². The van der Waals surface area contributed by atoms with Gasteiger partial charge in [0.1, 0.15) is 6.67 Å². The maximum absolute atomic E-state index is 13.3. The second-order valence-electron chi connectivity index (χ2n) is 4.35. The second kappa shape index (κ2) is 6.11. The van der Waals surface area contributed by atoms with Crippen LogP contribution in [0.1, 0.15) is 11.6 Å². The van der Waals surface area contributed by atoms with Gasteiger partial charge in [0.2, 0.25) is 0 Å². The first-order valence-electron chi connectivity index (χ1n) is 6.10. The van der Waals surface area contributed by atoms with Crippen molar-refractivity contribution in [2.75, 3.05) is 40.0 Å². The van der Waals surface area contributed by atoms with Crippen molar-refractivity contribution in [2.45, 2.75) is 6.04 Å². The van der Waals surface area contributed by atoms with Gasteiger partial charge in [-0.05, 0) is 17.7 Å². The normalized spacial score (nSPS) is 18.6. The Morgan fingerprint density at radius 2 is 2.11 bits per heavy atom. The summed E-state index contributed by atoms with van der Waals surface area (Å²) < 4.78 is 31.5. The number of nitrogens with one attached hydrogen (secondary N) is 1. The van der Waals surface area contributed by atoms with Crippen LogP contribution in [0.2, 0.25) is 0 Å². The van der Waals surface area contributed by atoms with Gasteiger partial charge in [-0.15, -0.1) is 0 Å². The molecule has 1 heterocycles. The van der Waals surface area contributed by atoms with Crippen LogP contribution in [-0.4, -0.2) is 44.9 Å². The molecule has 1 aromatic carbocycles. The van der Waals surface area contributed by atoms with E-state index >= 15 is 0 Å². The lowest BCUT2D eigenvalue weighted by atomic mass is 10.0. The zero-order valence-corrected chi connectivity index (χ0v) is 10.5. The van der Waals surface area contributed by atoms with Gasteiger partial charge < -0.3 is 10.1 Å². The summed E-state index contributed by atoms with van der Waals surface area (Å²) in [5.74, 6) is -0.250. The third-order valence-corrected chi connectivity index (χ3v) is 3.30. The highest BCUT2D eigenvalue weighted by Crippen LogP contribution is 2.27. The molecular weight excluding hydrogens is 238 g/mol. The molecule has 1 saturated heterocycles. The third kappa shape index (κ3) is 2.79. The highest BCUT2D eigenvalue weighted by molar-refractivity contribution is 5.32. The average molecular weight is 256 g/mol. The highest BCUT2D eigenvalue weighted by Gasteiger charge is 2.22. The Labute approximate surface area is 106 Å². The van der Waals surface area contributed by atoms with Gasteiger partial charge in [-0.2, -0.15) is 0 Å². The van der Waals surface area contributed by atoms with E-state index in [9.17, 15) is 8.78 Å². The van der Waals surface area contributed by atoms with Gasteiger partial charge in [-0.25, -0.2) is 8.78 Å². The van der Waals surface area contributed by atoms with E-state index in [1.807, 2.05) is 0 Å². The number of hydrogen-bond donors (Lipinski definition) is 1. The summed E-state index contributed by atoms with van der Waals surface area (Å²) >= 11 is 0. The number of methoxy groups -OCH3 is 1. The van der Waals surface area contributed by atoms with E-state index in [2.05, 4.69) is 10.2 Å². The second-order valence-corrected chi connectivity index (χ2v) is 4.35. The van der Waals surface area contributed by atoms with Crippen molar-refractivity contribution in [3.8, 4) is 5.75 Å². The Morgan fingerprint density at radius 3 is 2.72 bits per heavy atom. The predicted octanol–water partition coefficient (Wildman–Crippen LogP) is 1.75. The number of halogens is 2. The quantitative estimate of drug-likeness (QED) is 0.888. The summed E-state index contributed by atoms with van der Waals surface area (Å²) in [5, 5.41) is 3.23. The molecule has 1 atom stereocenters. The van der Waals surface area contributed by atoms with Crippen LogP contribution in [-0.2, 0) is 0 Å². The Morgan fingerprint density at radius 1 is 1.39 bits per heavy atom. The smallest absolute Gasteiger partial charge is 0.165 e. The van der Waals surface area contributed by atoms with Crippen molar-refractivity contribution >= 4 is 0 Å². The first-order valence-corrected chi connectivity index (χ1v) is 6.10. The minimum absolute atomic E-state index is 0.168. The summed E-state index contributed by atoms with van der Waals surface area (Å²) in [5.41, 5.74) is 0.762. The fourth-order valence-electron chi connectivity index (χ4n) is 2.27. The Kier molecular flexibility index (Phi) is 4.49. The maximum Gasteiger partial charge on any atom is 0.165 e. The number of hydrogen-bond acceptors (Lipinski definition) is 3. The topological polar surface area (TPSA) is 24.5 Å². The minimum Gasteiger partial charge on any atom is -0.494 e. The summed E-state index contributed by atoms with van der Waals surface area (Å²) in [6, 6.07) is 4.23. The Balaban J connectivity index is 2.20. The van der Waals surface area contributed by atoms with Gasteiger partial charge in [0.05, 0.1) is 13.2 Å². The van der Waals surface area contributed by atoms with Crippen LogP contribution in [0.15, 0.2) is 18.2 Å². The Bertz CT molecular complexity index is 395. The van der Waals surface area contributed by atoms with E-state index in [-0.39, 0.29) is 11.8 Å². The van der Waals surface area contributed by atoms with Gasteiger partial charge in [0, 0.05) is 26.2 Å². The summed E-state index contributed by atoms with van der Waals surface area (Å²) in [4.78, 5) is 2.07. The first-order chi connectivity index (χ1) is 8.76. The lowest BCUT2D eigenvalue weighted by Crippen LogP contribution is -2.45. The number of benzene rings is 1. The van der Waals surface area contributed by atoms with Gasteiger partial charge in [-0.3, -0.25) is 4.90 Å². The monoisotopic (exact) mass is 256 g/mol. The van der Waals surface area contributed by atoms with Crippen LogP contribution < -0.4 is 10.1 Å². The number of piperazine rings is 1. The van der Waals surface area contributed by atoms with Crippen LogP contribution in [0.5, 0.6) is 5.75 Å². The standard InChI is InChI=1S/C13H18F2N2O/c1-18-13-8-10(2-3-11(13)15)12(9-14)17-6-4-16-5-7-17/h2-3,8,12,16H,4-7,9H2,1H3/t12-/m0/s1. The zero-order valence-electron chi connectivity index (χ0n) is 10.5. The fourth-order valence-corrected chi connectivity index (χ4v) is 2.27. The number of ether oxygens (including phenoxy) is 1. The molecule has 0 radical (unpaired) electrons. The molecule has 1 aliphatic rings. The first kappa shape index (κ1) is 13.2. The third-order valence-electron chi connectivity index (χ3n) is 3.30. The molecule has 1 aliphatic heterocycles. The van der Waals surface area contributed by atoms with Gasteiger partial charge in [-0.1, -0.05) is 6.07 Å². The van der Waals surface area contributed by atoms with Crippen molar-refractivity contribution in [1.29, 1.82) is 0 Å². The molecule has 5 heteroatoms. The molecule has 0 unspecified atom stereocenters. The molecule has 0 saturated carbocycles. The molecular formula is C13H18F2N2O. The van der Waals surface area contributed by atoms with Crippen LogP contribution >= 0.6 is 0 Å². The lowest BCUT2D eigenvalue weighted by Gasteiger charge is -2.33. The molecule has 1 N–H and O–H groups in total. The van der Waals surface area contributed by atoms with E-state index in [4.69, 9.17) is 4.74 Å². The molecule has 1 aromatic rings. The van der Waals surface area contributed by atoms with Gasteiger partial charge >= 0.3 is 0 Å². The highest BCUT2D eigenvalue weighted by atomic mass is 19.1. The maximum atomic E-state index is 13.3. The van der Waals surface area contributed by atoms with E-state index in [0.29, 0.717) is 0 Å². The molecule has 0 amide bonds. The van der Waals surface area contributed by atoms with Crippen molar-refractivity contribution in [3.05, 3.63) is 29.6 Å². The molecule has 0 bridgehead atoms. The molecule has 100 valence electrons. The largest absolute Gasteiger partial charge is 0.494 e. The molecule has 1 fully saturated rings. The fraction of sp³-hybridized carbons (Fsp3) is 0.538. The lowest BCUT2D eigenvalue weighted by molar-refractivity contribution is 0.147. The summed E-state index contributed by atoms with van der Waals surface area (Å²) in [6.45, 7) is 2.83.